The Morgan fingerprint density at radius 3 is 2.70 bits per heavy atom. The number of ether oxygens (including phenoxy) is 1. The number of carbonyl (C=O) groups is 1. The van der Waals surface area contributed by atoms with E-state index in [-0.39, 0.29) is 18.4 Å². The first-order chi connectivity index (χ1) is 11.0. The van der Waals surface area contributed by atoms with Gasteiger partial charge in [-0.1, -0.05) is 31.2 Å². The molecule has 0 radical (unpaired) electrons. The van der Waals surface area contributed by atoms with Gasteiger partial charge in [-0.3, -0.25) is 4.79 Å². The molecular weight excluding hydrogens is 310 g/mol. The molecule has 1 aromatic carbocycles. The number of rotatable bonds is 8. The monoisotopic (exact) mass is 333 g/mol. The van der Waals surface area contributed by atoms with E-state index in [1.165, 1.54) is 11.3 Å². The third kappa shape index (κ3) is 5.37. The van der Waals surface area contributed by atoms with Gasteiger partial charge in [-0.15, -0.1) is 11.3 Å². The topological polar surface area (TPSA) is 58.6 Å². The van der Waals surface area contributed by atoms with Crippen LogP contribution in [0, 0.1) is 5.92 Å². The average Bonchev–Trinajstić information content (AvgIpc) is 3.09. The van der Waals surface area contributed by atoms with Crippen LogP contribution in [-0.2, 0) is 10.4 Å². The molecule has 0 aliphatic carbocycles. The number of amides is 1. The van der Waals surface area contributed by atoms with Gasteiger partial charge in [0, 0.05) is 10.8 Å². The van der Waals surface area contributed by atoms with Crippen molar-refractivity contribution in [2.45, 2.75) is 25.9 Å². The molecule has 0 aliphatic heterocycles. The van der Waals surface area contributed by atoms with Gasteiger partial charge in [-0.05, 0) is 36.9 Å². The van der Waals surface area contributed by atoms with E-state index in [0.29, 0.717) is 13.0 Å². The highest BCUT2D eigenvalue weighted by Gasteiger charge is 2.25. The Bertz CT molecular complexity index is 596. The van der Waals surface area contributed by atoms with E-state index in [1.54, 1.807) is 6.92 Å². The Kier molecular flexibility index (Phi) is 6.19. The fourth-order valence-corrected chi connectivity index (χ4v) is 2.89. The maximum atomic E-state index is 12.1. The molecule has 23 heavy (non-hydrogen) atoms. The standard InChI is InChI=1S/C18H23NO3S/c1-14(10-11-22-15-7-4-3-5-8-15)17(20)19-13-18(2,21)16-9-6-12-23-16/h3-9,12,14,21H,10-11,13H2,1-2H3,(H,19,20). The number of para-hydroxylation sites is 1. The third-order valence-electron chi connectivity index (χ3n) is 3.67. The molecule has 2 N–H and O–H groups in total. The molecule has 2 atom stereocenters. The lowest BCUT2D eigenvalue weighted by Gasteiger charge is -2.23. The van der Waals surface area contributed by atoms with E-state index in [0.717, 1.165) is 10.6 Å². The van der Waals surface area contributed by atoms with Gasteiger partial charge in [0.05, 0.1) is 13.2 Å². The van der Waals surface area contributed by atoms with Crippen LogP contribution in [0.4, 0.5) is 0 Å². The summed E-state index contributed by atoms with van der Waals surface area (Å²) in [5, 5.41) is 15.1. The van der Waals surface area contributed by atoms with Crippen molar-refractivity contribution in [1.29, 1.82) is 0 Å². The Labute approximate surface area is 141 Å². The largest absolute Gasteiger partial charge is 0.494 e. The van der Waals surface area contributed by atoms with Crippen molar-refractivity contribution < 1.29 is 14.6 Å². The van der Waals surface area contributed by atoms with E-state index >= 15 is 0 Å². The molecule has 2 aromatic rings. The van der Waals surface area contributed by atoms with Gasteiger partial charge in [0.1, 0.15) is 11.4 Å². The highest BCUT2D eigenvalue weighted by molar-refractivity contribution is 7.10. The van der Waals surface area contributed by atoms with Crippen LogP contribution in [0.25, 0.3) is 0 Å². The highest BCUT2D eigenvalue weighted by Crippen LogP contribution is 2.24. The second-order valence-corrected chi connectivity index (χ2v) is 6.77. The maximum absolute atomic E-state index is 12.1. The zero-order chi connectivity index (χ0) is 16.7. The van der Waals surface area contributed by atoms with Gasteiger partial charge in [0.15, 0.2) is 0 Å². The Balaban J connectivity index is 1.72. The molecule has 1 heterocycles. The van der Waals surface area contributed by atoms with Crippen LogP contribution in [0.2, 0.25) is 0 Å². The summed E-state index contributed by atoms with van der Waals surface area (Å²) < 4.78 is 5.60. The molecule has 5 heteroatoms. The second kappa shape index (κ2) is 8.13. The smallest absolute Gasteiger partial charge is 0.223 e. The second-order valence-electron chi connectivity index (χ2n) is 5.82. The summed E-state index contributed by atoms with van der Waals surface area (Å²) in [5.41, 5.74) is -1.04. The lowest BCUT2D eigenvalue weighted by molar-refractivity contribution is -0.126. The number of hydrogen-bond acceptors (Lipinski definition) is 4. The predicted octanol–water partition coefficient (Wildman–Crippen LogP) is 3.18. The van der Waals surface area contributed by atoms with E-state index in [9.17, 15) is 9.90 Å². The average molecular weight is 333 g/mol. The van der Waals surface area contributed by atoms with Crippen LogP contribution in [-0.4, -0.2) is 24.2 Å². The zero-order valence-corrected chi connectivity index (χ0v) is 14.3. The molecule has 124 valence electrons. The summed E-state index contributed by atoms with van der Waals surface area (Å²) in [6, 6.07) is 13.3. The fraction of sp³-hybridized carbons (Fsp3) is 0.389. The SMILES string of the molecule is CC(CCOc1ccccc1)C(=O)NCC(C)(O)c1cccs1. The lowest BCUT2D eigenvalue weighted by Crippen LogP contribution is -2.40. The molecule has 0 spiro atoms. The first-order valence-corrected chi connectivity index (χ1v) is 8.59. The van der Waals surface area contributed by atoms with Crippen molar-refractivity contribution in [2.24, 2.45) is 5.92 Å². The van der Waals surface area contributed by atoms with E-state index in [1.807, 2.05) is 54.8 Å². The number of benzene rings is 1. The first-order valence-electron chi connectivity index (χ1n) is 7.71. The van der Waals surface area contributed by atoms with Crippen molar-refractivity contribution in [3.63, 3.8) is 0 Å². The van der Waals surface area contributed by atoms with Crippen molar-refractivity contribution in [2.75, 3.05) is 13.2 Å². The van der Waals surface area contributed by atoms with Crippen molar-refractivity contribution >= 4 is 17.2 Å². The minimum atomic E-state index is -1.04. The quantitative estimate of drug-likeness (QED) is 0.780. The Hall–Kier alpha value is -1.85. The third-order valence-corrected chi connectivity index (χ3v) is 4.79. The van der Waals surface area contributed by atoms with Crippen molar-refractivity contribution in [1.82, 2.24) is 5.32 Å². The molecule has 1 amide bonds. The summed E-state index contributed by atoms with van der Waals surface area (Å²) >= 11 is 1.48. The van der Waals surface area contributed by atoms with Crippen LogP contribution in [0.3, 0.4) is 0 Å². The summed E-state index contributed by atoms with van der Waals surface area (Å²) in [7, 11) is 0. The predicted molar refractivity (Wildman–Crippen MR) is 92.6 cm³/mol. The van der Waals surface area contributed by atoms with Gasteiger partial charge in [-0.2, -0.15) is 0 Å². The van der Waals surface area contributed by atoms with Crippen LogP contribution in [0.15, 0.2) is 47.8 Å². The van der Waals surface area contributed by atoms with Crippen LogP contribution >= 0.6 is 11.3 Å². The molecule has 0 bridgehead atoms. The maximum Gasteiger partial charge on any atom is 0.223 e. The van der Waals surface area contributed by atoms with Crippen LogP contribution in [0.5, 0.6) is 5.75 Å². The van der Waals surface area contributed by atoms with Gasteiger partial charge in [0.2, 0.25) is 5.91 Å². The van der Waals surface area contributed by atoms with Gasteiger partial charge in [0.25, 0.3) is 0 Å². The molecule has 0 saturated heterocycles. The Morgan fingerprint density at radius 1 is 1.30 bits per heavy atom. The van der Waals surface area contributed by atoms with Gasteiger partial charge >= 0.3 is 0 Å². The number of nitrogens with one attached hydrogen (secondary N) is 1. The number of hydrogen-bond donors (Lipinski definition) is 2. The highest BCUT2D eigenvalue weighted by atomic mass is 32.1. The lowest BCUT2D eigenvalue weighted by atomic mass is 10.0. The van der Waals surface area contributed by atoms with Crippen molar-refractivity contribution in [3.8, 4) is 5.75 Å². The molecule has 0 saturated carbocycles. The van der Waals surface area contributed by atoms with Gasteiger partial charge in [-0.25, -0.2) is 0 Å². The minimum Gasteiger partial charge on any atom is -0.494 e. The van der Waals surface area contributed by atoms with Gasteiger partial charge < -0.3 is 15.2 Å². The van der Waals surface area contributed by atoms with E-state index in [2.05, 4.69) is 5.32 Å². The molecule has 1 aromatic heterocycles. The van der Waals surface area contributed by atoms with Crippen LogP contribution < -0.4 is 10.1 Å². The van der Waals surface area contributed by atoms with E-state index < -0.39 is 5.60 Å². The molecule has 2 unspecified atom stereocenters. The molecule has 0 aliphatic rings. The molecular formula is C18H23NO3S. The summed E-state index contributed by atoms with van der Waals surface area (Å²) in [5.74, 6) is 0.567. The number of aliphatic hydroxyl groups is 1. The number of thiophene rings is 1. The zero-order valence-electron chi connectivity index (χ0n) is 13.5. The molecule has 2 rings (SSSR count). The first kappa shape index (κ1) is 17.5. The minimum absolute atomic E-state index is 0.0708. The summed E-state index contributed by atoms with van der Waals surface area (Å²) in [6.07, 6.45) is 0.627. The normalized spacial score (nSPS) is 14.7. The van der Waals surface area contributed by atoms with E-state index in [4.69, 9.17) is 4.74 Å². The molecule has 0 fully saturated rings. The summed E-state index contributed by atoms with van der Waals surface area (Å²) in [6.45, 7) is 4.27. The number of carbonyl (C=O) groups excluding carboxylic acids is 1. The Morgan fingerprint density at radius 2 is 2.04 bits per heavy atom. The summed E-state index contributed by atoms with van der Waals surface area (Å²) in [4.78, 5) is 13.0. The molecule has 4 nitrogen and oxygen atoms in total. The fourth-order valence-electron chi connectivity index (χ4n) is 2.11. The van der Waals surface area contributed by atoms with Crippen LogP contribution in [0.1, 0.15) is 25.1 Å². The van der Waals surface area contributed by atoms with Crippen molar-refractivity contribution in [3.05, 3.63) is 52.7 Å².